The Kier molecular flexibility index (Phi) is 8.52. The Hall–Kier alpha value is -2.32. The van der Waals surface area contributed by atoms with Crippen LogP contribution in [0.1, 0.15) is 47.5 Å². The summed E-state index contributed by atoms with van der Waals surface area (Å²) in [6, 6.07) is -0.0985. The Balaban J connectivity index is 2.27. The number of carbonyl (C=O) groups excluding carboxylic acids is 4. The SMILES string of the molecule is CC(C)NC(=O)C(=O)N1CCN(C(=O)CCCNC(=O)OC(C)(C)C)CC1. The Morgan fingerprint density at radius 2 is 1.56 bits per heavy atom. The zero-order valence-corrected chi connectivity index (χ0v) is 17.0. The van der Waals surface area contributed by atoms with Crippen molar-refractivity contribution in [3.8, 4) is 0 Å². The minimum Gasteiger partial charge on any atom is -0.444 e. The van der Waals surface area contributed by atoms with Crippen LogP contribution in [0.3, 0.4) is 0 Å². The molecule has 0 aromatic heterocycles. The molecular weight excluding hydrogens is 352 g/mol. The molecule has 1 fully saturated rings. The summed E-state index contributed by atoms with van der Waals surface area (Å²) in [5.74, 6) is -1.20. The molecule has 1 saturated heterocycles. The molecule has 2 N–H and O–H groups in total. The van der Waals surface area contributed by atoms with Gasteiger partial charge >= 0.3 is 17.9 Å². The van der Waals surface area contributed by atoms with Gasteiger partial charge in [0.15, 0.2) is 0 Å². The van der Waals surface area contributed by atoms with Gasteiger partial charge in [0.1, 0.15) is 5.60 Å². The molecule has 9 nitrogen and oxygen atoms in total. The molecule has 1 aliphatic heterocycles. The molecule has 0 bridgehead atoms. The maximum Gasteiger partial charge on any atom is 0.407 e. The van der Waals surface area contributed by atoms with Crippen LogP contribution in [-0.2, 0) is 19.1 Å². The second-order valence-corrected chi connectivity index (χ2v) is 7.83. The Bertz CT molecular complexity index is 548. The monoisotopic (exact) mass is 384 g/mol. The molecule has 154 valence electrons. The number of hydrogen-bond donors (Lipinski definition) is 2. The molecule has 0 saturated carbocycles. The molecule has 0 spiro atoms. The molecule has 1 aliphatic rings. The summed E-state index contributed by atoms with van der Waals surface area (Å²) < 4.78 is 5.12. The van der Waals surface area contributed by atoms with Crippen LogP contribution < -0.4 is 10.6 Å². The predicted octanol–water partition coefficient (Wildman–Crippen LogP) is 0.487. The first kappa shape index (κ1) is 22.7. The summed E-state index contributed by atoms with van der Waals surface area (Å²) in [5, 5.41) is 5.19. The van der Waals surface area contributed by atoms with E-state index in [1.165, 1.54) is 4.90 Å². The van der Waals surface area contributed by atoms with E-state index in [-0.39, 0.29) is 11.9 Å². The first-order chi connectivity index (χ1) is 12.5. The lowest BCUT2D eigenvalue weighted by molar-refractivity contribution is -0.148. The van der Waals surface area contributed by atoms with Gasteiger partial charge in [-0.2, -0.15) is 0 Å². The molecule has 0 aliphatic carbocycles. The number of amides is 4. The van der Waals surface area contributed by atoms with Gasteiger partial charge in [0.05, 0.1) is 0 Å². The third kappa shape index (κ3) is 8.74. The average molecular weight is 384 g/mol. The van der Waals surface area contributed by atoms with Crippen molar-refractivity contribution >= 4 is 23.8 Å². The van der Waals surface area contributed by atoms with E-state index in [0.29, 0.717) is 45.6 Å². The van der Waals surface area contributed by atoms with Gasteiger partial charge in [0.25, 0.3) is 0 Å². The van der Waals surface area contributed by atoms with Crippen molar-refractivity contribution in [3.63, 3.8) is 0 Å². The van der Waals surface area contributed by atoms with Crippen LogP contribution >= 0.6 is 0 Å². The van der Waals surface area contributed by atoms with E-state index in [2.05, 4.69) is 10.6 Å². The average Bonchev–Trinajstić information content (AvgIpc) is 2.55. The van der Waals surface area contributed by atoms with Gasteiger partial charge in [-0.25, -0.2) is 4.79 Å². The number of carbonyl (C=O) groups is 4. The summed E-state index contributed by atoms with van der Waals surface area (Å²) in [7, 11) is 0. The molecule has 27 heavy (non-hydrogen) atoms. The minimum absolute atomic E-state index is 0.0280. The Morgan fingerprint density at radius 1 is 1.00 bits per heavy atom. The molecule has 0 unspecified atom stereocenters. The van der Waals surface area contributed by atoms with Crippen molar-refractivity contribution in [1.29, 1.82) is 0 Å². The van der Waals surface area contributed by atoms with Gasteiger partial charge in [-0.15, -0.1) is 0 Å². The highest BCUT2D eigenvalue weighted by Crippen LogP contribution is 2.07. The zero-order valence-electron chi connectivity index (χ0n) is 17.0. The van der Waals surface area contributed by atoms with E-state index in [4.69, 9.17) is 4.74 Å². The van der Waals surface area contributed by atoms with Crippen LogP contribution in [0.4, 0.5) is 4.79 Å². The van der Waals surface area contributed by atoms with Gasteiger partial charge in [-0.1, -0.05) is 0 Å². The molecule has 1 rings (SSSR count). The Labute approximate surface area is 160 Å². The lowest BCUT2D eigenvalue weighted by atomic mass is 10.2. The van der Waals surface area contributed by atoms with Crippen LogP contribution in [0.2, 0.25) is 0 Å². The third-order valence-electron chi connectivity index (χ3n) is 3.77. The molecular formula is C18H32N4O5. The number of piperazine rings is 1. The highest BCUT2D eigenvalue weighted by molar-refractivity contribution is 6.35. The second kappa shape index (κ2) is 10.1. The van der Waals surface area contributed by atoms with Crippen LogP contribution in [0.15, 0.2) is 0 Å². The minimum atomic E-state index is -0.613. The fraction of sp³-hybridized carbons (Fsp3) is 0.778. The van der Waals surface area contributed by atoms with Crippen LogP contribution in [0.5, 0.6) is 0 Å². The summed E-state index contributed by atoms with van der Waals surface area (Å²) >= 11 is 0. The lowest BCUT2D eigenvalue weighted by Crippen LogP contribution is -2.54. The van der Waals surface area contributed by atoms with E-state index < -0.39 is 23.5 Å². The van der Waals surface area contributed by atoms with E-state index in [0.717, 1.165) is 0 Å². The molecule has 4 amide bonds. The first-order valence-electron chi connectivity index (χ1n) is 9.34. The fourth-order valence-electron chi connectivity index (χ4n) is 2.53. The van der Waals surface area contributed by atoms with Crippen LogP contribution in [0, 0.1) is 0 Å². The number of nitrogens with zero attached hydrogens (tertiary/aromatic N) is 2. The smallest absolute Gasteiger partial charge is 0.407 e. The van der Waals surface area contributed by atoms with Crippen LogP contribution in [0.25, 0.3) is 0 Å². The summed E-state index contributed by atoms with van der Waals surface area (Å²) in [5.41, 5.74) is -0.552. The fourth-order valence-corrected chi connectivity index (χ4v) is 2.53. The van der Waals surface area contributed by atoms with E-state index >= 15 is 0 Å². The predicted molar refractivity (Wildman–Crippen MR) is 99.9 cm³/mol. The Morgan fingerprint density at radius 3 is 2.07 bits per heavy atom. The van der Waals surface area contributed by atoms with E-state index in [1.54, 1.807) is 39.5 Å². The number of hydrogen-bond acceptors (Lipinski definition) is 5. The van der Waals surface area contributed by atoms with Crippen molar-refractivity contribution in [2.45, 2.75) is 59.1 Å². The molecule has 9 heteroatoms. The lowest BCUT2D eigenvalue weighted by Gasteiger charge is -2.34. The van der Waals surface area contributed by atoms with Crippen molar-refractivity contribution in [1.82, 2.24) is 20.4 Å². The summed E-state index contributed by atoms with van der Waals surface area (Å²) in [6.45, 7) is 10.8. The van der Waals surface area contributed by atoms with Crippen molar-refractivity contribution in [2.75, 3.05) is 32.7 Å². The molecule has 0 aromatic rings. The molecule has 0 atom stereocenters. The second-order valence-electron chi connectivity index (χ2n) is 7.83. The normalized spacial score (nSPS) is 14.7. The highest BCUT2D eigenvalue weighted by Gasteiger charge is 2.27. The van der Waals surface area contributed by atoms with E-state index in [1.807, 2.05) is 0 Å². The highest BCUT2D eigenvalue weighted by atomic mass is 16.6. The third-order valence-corrected chi connectivity index (χ3v) is 3.77. The van der Waals surface area contributed by atoms with Gasteiger partial charge in [0.2, 0.25) is 5.91 Å². The van der Waals surface area contributed by atoms with Gasteiger partial charge in [-0.3, -0.25) is 14.4 Å². The maximum atomic E-state index is 12.2. The number of rotatable bonds is 5. The zero-order chi connectivity index (χ0) is 20.6. The van der Waals surface area contributed by atoms with Gasteiger partial charge in [0, 0.05) is 45.2 Å². The first-order valence-corrected chi connectivity index (χ1v) is 9.34. The molecule has 0 radical (unpaired) electrons. The summed E-state index contributed by atoms with van der Waals surface area (Å²) in [6.07, 6.45) is 0.313. The largest absolute Gasteiger partial charge is 0.444 e. The van der Waals surface area contributed by atoms with E-state index in [9.17, 15) is 19.2 Å². The maximum absolute atomic E-state index is 12.2. The molecule has 1 heterocycles. The molecule has 0 aromatic carbocycles. The number of ether oxygens (including phenoxy) is 1. The van der Waals surface area contributed by atoms with Crippen LogP contribution in [-0.4, -0.2) is 78.0 Å². The van der Waals surface area contributed by atoms with Crippen molar-refractivity contribution < 1.29 is 23.9 Å². The number of nitrogens with one attached hydrogen (secondary N) is 2. The van der Waals surface area contributed by atoms with Gasteiger partial charge in [-0.05, 0) is 41.0 Å². The summed E-state index contributed by atoms with van der Waals surface area (Å²) in [4.78, 5) is 50.7. The number of alkyl carbamates (subject to hydrolysis) is 1. The van der Waals surface area contributed by atoms with Gasteiger partial charge < -0.3 is 25.2 Å². The topological polar surface area (TPSA) is 108 Å². The van der Waals surface area contributed by atoms with Crippen molar-refractivity contribution in [2.24, 2.45) is 0 Å². The van der Waals surface area contributed by atoms with Crippen molar-refractivity contribution in [3.05, 3.63) is 0 Å². The quantitative estimate of drug-likeness (QED) is 0.530. The standard InChI is InChI=1S/C18H32N4O5/c1-13(2)20-15(24)16(25)22-11-9-21(10-12-22)14(23)7-6-8-19-17(26)27-18(3,4)5/h13H,6-12H2,1-5H3,(H,19,26)(H,20,24).